The zero-order valence-corrected chi connectivity index (χ0v) is 5.39. The topological polar surface area (TPSA) is 38.4 Å². The lowest BCUT2D eigenvalue weighted by Crippen LogP contribution is -2.33. The van der Waals surface area contributed by atoms with Crippen LogP contribution in [0.5, 0.6) is 0 Å². The lowest BCUT2D eigenvalue weighted by atomic mass is 9.74. The van der Waals surface area contributed by atoms with Crippen molar-refractivity contribution in [2.75, 3.05) is 0 Å². The van der Waals surface area contributed by atoms with Crippen LogP contribution in [-0.4, -0.2) is 5.71 Å². The molecule has 0 aromatic rings. The van der Waals surface area contributed by atoms with Gasteiger partial charge in [-0.2, -0.15) is 5.10 Å². The molecule has 0 saturated heterocycles. The van der Waals surface area contributed by atoms with Gasteiger partial charge < -0.3 is 5.84 Å². The Kier molecular flexibility index (Phi) is 1.24. The molecular formula is C6H12N2. The van der Waals surface area contributed by atoms with E-state index in [1.165, 1.54) is 5.71 Å². The van der Waals surface area contributed by atoms with Crippen LogP contribution in [0.1, 0.15) is 20.3 Å². The van der Waals surface area contributed by atoms with Gasteiger partial charge in [0.25, 0.3) is 0 Å². The van der Waals surface area contributed by atoms with Crippen LogP contribution in [0.15, 0.2) is 5.10 Å². The van der Waals surface area contributed by atoms with E-state index in [1.54, 1.807) is 0 Å². The van der Waals surface area contributed by atoms with Gasteiger partial charge in [0, 0.05) is 5.71 Å². The van der Waals surface area contributed by atoms with Gasteiger partial charge >= 0.3 is 0 Å². The van der Waals surface area contributed by atoms with E-state index < -0.39 is 0 Å². The first-order valence-electron chi connectivity index (χ1n) is 3.02. The monoisotopic (exact) mass is 112 g/mol. The van der Waals surface area contributed by atoms with E-state index in [1.807, 2.05) is 0 Å². The maximum Gasteiger partial charge on any atom is 0.0409 e. The predicted molar refractivity (Wildman–Crippen MR) is 34.6 cm³/mol. The third kappa shape index (κ3) is 0.602. The zero-order chi connectivity index (χ0) is 6.15. The fourth-order valence-corrected chi connectivity index (χ4v) is 1.03. The first-order valence-corrected chi connectivity index (χ1v) is 3.02. The minimum absolute atomic E-state index is 0.639. The van der Waals surface area contributed by atoms with Gasteiger partial charge in [-0.1, -0.05) is 13.8 Å². The Morgan fingerprint density at radius 1 is 1.62 bits per heavy atom. The van der Waals surface area contributed by atoms with Crippen molar-refractivity contribution in [3.8, 4) is 0 Å². The van der Waals surface area contributed by atoms with Crippen molar-refractivity contribution in [1.82, 2.24) is 0 Å². The van der Waals surface area contributed by atoms with E-state index in [0.717, 1.165) is 12.3 Å². The molecule has 2 heteroatoms. The molecule has 0 bridgehead atoms. The van der Waals surface area contributed by atoms with Crippen LogP contribution >= 0.6 is 0 Å². The quantitative estimate of drug-likeness (QED) is 0.368. The average Bonchev–Trinajstić information content (AvgIpc) is 1.81. The van der Waals surface area contributed by atoms with Gasteiger partial charge in [0.1, 0.15) is 0 Å². The van der Waals surface area contributed by atoms with Gasteiger partial charge in [-0.15, -0.1) is 0 Å². The third-order valence-corrected chi connectivity index (χ3v) is 2.08. The Balaban J connectivity index is 2.48. The summed E-state index contributed by atoms with van der Waals surface area (Å²) in [5.41, 5.74) is 1.18. The van der Waals surface area contributed by atoms with E-state index in [9.17, 15) is 0 Å². The molecule has 0 amide bonds. The molecule has 2 nitrogen and oxygen atoms in total. The Hall–Kier alpha value is -0.530. The molecule has 1 rings (SSSR count). The molecule has 1 saturated carbocycles. The van der Waals surface area contributed by atoms with E-state index >= 15 is 0 Å². The molecule has 2 unspecified atom stereocenters. The molecule has 0 spiro atoms. The second kappa shape index (κ2) is 1.77. The number of nitrogens with two attached hydrogens (primary N) is 1. The van der Waals surface area contributed by atoms with Gasteiger partial charge in [-0.25, -0.2) is 0 Å². The summed E-state index contributed by atoms with van der Waals surface area (Å²) in [5, 5.41) is 3.64. The standard InChI is InChI=1S/C6H12N2/c1-4-3-6(8-7)5(4)2/h4-5H,3,7H2,1-2H3/b8-6+. The molecule has 2 N–H and O–H groups in total. The normalized spacial score (nSPS) is 42.0. The fourth-order valence-electron chi connectivity index (χ4n) is 1.03. The largest absolute Gasteiger partial charge is 0.323 e. The van der Waals surface area contributed by atoms with Crippen LogP contribution in [0.3, 0.4) is 0 Å². The van der Waals surface area contributed by atoms with Crippen molar-refractivity contribution >= 4 is 5.71 Å². The summed E-state index contributed by atoms with van der Waals surface area (Å²) < 4.78 is 0. The minimum Gasteiger partial charge on any atom is -0.323 e. The van der Waals surface area contributed by atoms with Crippen LogP contribution < -0.4 is 5.84 Å². The fraction of sp³-hybridized carbons (Fsp3) is 0.833. The van der Waals surface area contributed by atoms with Crippen molar-refractivity contribution in [3.63, 3.8) is 0 Å². The lowest BCUT2D eigenvalue weighted by molar-refractivity contribution is 0.417. The van der Waals surface area contributed by atoms with Gasteiger partial charge in [-0.05, 0) is 18.3 Å². The third-order valence-electron chi connectivity index (χ3n) is 2.08. The van der Waals surface area contributed by atoms with Crippen LogP contribution in [0.2, 0.25) is 0 Å². The molecule has 2 atom stereocenters. The number of hydrogen-bond acceptors (Lipinski definition) is 2. The van der Waals surface area contributed by atoms with E-state index in [0.29, 0.717) is 5.92 Å². The van der Waals surface area contributed by atoms with E-state index in [-0.39, 0.29) is 0 Å². The second-order valence-corrected chi connectivity index (χ2v) is 2.59. The first-order chi connectivity index (χ1) is 3.75. The molecule has 46 valence electrons. The smallest absolute Gasteiger partial charge is 0.0409 e. The molecule has 0 aromatic heterocycles. The maximum atomic E-state index is 5.07. The Bertz CT molecular complexity index is 118. The van der Waals surface area contributed by atoms with Crippen molar-refractivity contribution in [3.05, 3.63) is 0 Å². The van der Waals surface area contributed by atoms with Gasteiger partial charge in [0.2, 0.25) is 0 Å². The Morgan fingerprint density at radius 2 is 2.25 bits per heavy atom. The maximum absolute atomic E-state index is 5.07. The highest BCUT2D eigenvalue weighted by molar-refractivity contribution is 5.91. The van der Waals surface area contributed by atoms with Crippen LogP contribution in [-0.2, 0) is 0 Å². The number of hydrogen-bond donors (Lipinski definition) is 1. The summed E-state index contributed by atoms with van der Waals surface area (Å²) in [6.45, 7) is 4.39. The second-order valence-electron chi connectivity index (χ2n) is 2.59. The molecule has 1 aliphatic rings. The van der Waals surface area contributed by atoms with Crippen LogP contribution in [0.25, 0.3) is 0 Å². The van der Waals surface area contributed by atoms with Gasteiger partial charge in [0.15, 0.2) is 0 Å². The average molecular weight is 112 g/mol. The molecular weight excluding hydrogens is 100 g/mol. The SMILES string of the molecule is CC1C/C(=N\N)C1C. The summed E-state index contributed by atoms with van der Waals surface area (Å²) in [7, 11) is 0. The predicted octanol–water partition coefficient (Wildman–Crippen LogP) is 0.977. The summed E-state index contributed by atoms with van der Waals surface area (Å²) in [4.78, 5) is 0. The summed E-state index contributed by atoms with van der Waals surface area (Å²) in [6, 6.07) is 0. The molecule has 8 heavy (non-hydrogen) atoms. The van der Waals surface area contributed by atoms with Crippen LogP contribution in [0.4, 0.5) is 0 Å². The van der Waals surface area contributed by atoms with Crippen molar-refractivity contribution < 1.29 is 0 Å². The van der Waals surface area contributed by atoms with E-state index in [2.05, 4.69) is 18.9 Å². The minimum atomic E-state index is 0.639. The van der Waals surface area contributed by atoms with Crippen molar-refractivity contribution in [2.24, 2.45) is 22.8 Å². The molecule has 0 radical (unpaired) electrons. The van der Waals surface area contributed by atoms with E-state index in [4.69, 9.17) is 5.84 Å². The number of rotatable bonds is 0. The van der Waals surface area contributed by atoms with Gasteiger partial charge in [0.05, 0.1) is 0 Å². The molecule has 0 aromatic carbocycles. The number of nitrogens with zero attached hydrogens (tertiary/aromatic N) is 1. The summed E-state index contributed by atoms with van der Waals surface area (Å²) in [5.74, 6) is 6.52. The number of hydrazone groups is 1. The van der Waals surface area contributed by atoms with Crippen molar-refractivity contribution in [2.45, 2.75) is 20.3 Å². The van der Waals surface area contributed by atoms with Crippen molar-refractivity contribution in [1.29, 1.82) is 0 Å². The molecule has 1 aliphatic carbocycles. The highest BCUT2D eigenvalue weighted by Gasteiger charge is 2.29. The summed E-state index contributed by atoms with van der Waals surface area (Å²) >= 11 is 0. The van der Waals surface area contributed by atoms with Crippen LogP contribution in [0, 0.1) is 11.8 Å². The van der Waals surface area contributed by atoms with Gasteiger partial charge in [-0.3, -0.25) is 0 Å². The Labute approximate surface area is 49.8 Å². The highest BCUT2D eigenvalue weighted by atomic mass is 15.1. The summed E-state index contributed by atoms with van der Waals surface area (Å²) in [6.07, 6.45) is 1.11. The lowest BCUT2D eigenvalue weighted by Gasteiger charge is -2.31. The zero-order valence-electron chi connectivity index (χ0n) is 5.39. The highest BCUT2D eigenvalue weighted by Crippen LogP contribution is 2.29. The molecule has 0 heterocycles. The first kappa shape index (κ1) is 5.60. The Morgan fingerprint density at radius 3 is 2.38 bits per heavy atom. The molecule has 1 fully saturated rings. The molecule has 0 aliphatic heterocycles.